The molecule has 12 heteroatoms. The van der Waals surface area contributed by atoms with Crippen LogP contribution in [-0.2, 0) is 10.0 Å². The van der Waals surface area contributed by atoms with E-state index in [9.17, 15) is 13.5 Å². The minimum absolute atomic E-state index is 0.00120. The highest BCUT2D eigenvalue weighted by Gasteiger charge is 2.35. The summed E-state index contributed by atoms with van der Waals surface area (Å²) in [6, 6.07) is 15.1. The fraction of sp³-hybridized carbons (Fsp3) is 0.231. The van der Waals surface area contributed by atoms with Gasteiger partial charge in [-0.2, -0.15) is 4.31 Å². The van der Waals surface area contributed by atoms with Gasteiger partial charge in [0.15, 0.2) is 5.50 Å². The van der Waals surface area contributed by atoms with E-state index in [1.165, 1.54) is 16.4 Å². The smallest absolute Gasteiger partial charge is 0.243 e. The van der Waals surface area contributed by atoms with E-state index >= 15 is 0 Å². The quantitative estimate of drug-likeness (QED) is 0.400. The molecule has 0 bridgehead atoms. The Bertz CT molecular complexity index is 1530. The molecule has 9 nitrogen and oxygen atoms in total. The molecule has 3 aromatic rings. The molecule has 2 aromatic carbocycles. The molecule has 0 spiro atoms. The Balaban J connectivity index is 1.25. The highest BCUT2D eigenvalue weighted by atomic mass is 35.5. The average molecular weight is 569 g/mol. The Hall–Kier alpha value is -3.25. The Morgan fingerprint density at radius 3 is 2.82 bits per heavy atom. The van der Waals surface area contributed by atoms with Crippen LogP contribution in [-0.4, -0.2) is 57.3 Å². The molecular formula is C26H25ClN6O3S2. The number of sulfonamides is 1. The summed E-state index contributed by atoms with van der Waals surface area (Å²) >= 11 is 7.59. The van der Waals surface area contributed by atoms with Gasteiger partial charge in [0.1, 0.15) is 5.75 Å². The van der Waals surface area contributed by atoms with Crippen LogP contribution in [0.4, 0.5) is 5.95 Å². The van der Waals surface area contributed by atoms with Crippen molar-refractivity contribution in [3.8, 4) is 5.75 Å². The number of aromatic hydroxyl groups is 1. The van der Waals surface area contributed by atoms with Gasteiger partial charge in [-0.25, -0.2) is 18.4 Å². The van der Waals surface area contributed by atoms with Crippen molar-refractivity contribution >= 4 is 50.7 Å². The summed E-state index contributed by atoms with van der Waals surface area (Å²) in [5.41, 5.74) is 3.31. The van der Waals surface area contributed by atoms with Crippen LogP contribution in [0.1, 0.15) is 24.1 Å². The molecule has 1 fully saturated rings. The third-order valence-corrected chi connectivity index (χ3v) is 9.66. The molecule has 1 saturated heterocycles. The number of anilines is 1. The van der Waals surface area contributed by atoms with Crippen molar-refractivity contribution in [2.75, 3.05) is 18.4 Å². The predicted octanol–water partition coefficient (Wildman–Crippen LogP) is 4.33. The Labute approximate surface area is 230 Å². The van der Waals surface area contributed by atoms with Gasteiger partial charge in [0.2, 0.25) is 16.0 Å². The predicted molar refractivity (Wildman–Crippen MR) is 149 cm³/mol. The molecule has 3 aliphatic heterocycles. The van der Waals surface area contributed by atoms with Crippen LogP contribution in [0.2, 0.25) is 5.02 Å². The van der Waals surface area contributed by atoms with Crippen molar-refractivity contribution in [1.29, 1.82) is 0 Å². The second-order valence-corrected chi connectivity index (χ2v) is 12.5. The van der Waals surface area contributed by atoms with Crippen LogP contribution in [0.25, 0.3) is 11.4 Å². The summed E-state index contributed by atoms with van der Waals surface area (Å²) in [6.07, 6.45) is 5.22. The highest BCUT2D eigenvalue weighted by Crippen LogP contribution is 2.41. The number of nitrogens with zero attached hydrogens (tertiary/aromatic N) is 4. The molecule has 196 valence electrons. The van der Waals surface area contributed by atoms with Gasteiger partial charge in [-0.3, -0.25) is 0 Å². The lowest BCUT2D eigenvalue weighted by Crippen LogP contribution is -2.45. The van der Waals surface area contributed by atoms with E-state index in [4.69, 9.17) is 16.6 Å². The van der Waals surface area contributed by atoms with Crippen molar-refractivity contribution < 1.29 is 13.5 Å². The fourth-order valence-electron chi connectivity index (χ4n) is 4.85. The van der Waals surface area contributed by atoms with Crippen molar-refractivity contribution in [3.05, 3.63) is 88.7 Å². The first-order valence-corrected chi connectivity index (χ1v) is 14.9. The summed E-state index contributed by atoms with van der Waals surface area (Å²) in [5, 5.41) is 19.4. The fourth-order valence-corrected chi connectivity index (χ4v) is 7.35. The SMILES string of the molecule is O=S(=O)(c1ccc(Cl)cc1)N1CCC[C@H](Nc2nccc(C3=C(c4cccc(O)c4)NC4SC=CN34)n2)C1. The van der Waals surface area contributed by atoms with Gasteiger partial charge in [-0.15, -0.1) is 0 Å². The van der Waals surface area contributed by atoms with E-state index in [-0.39, 0.29) is 22.2 Å². The lowest BCUT2D eigenvalue weighted by molar-refractivity contribution is 0.326. The third kappa shape index (κ3) is 4.82. The molecular weight excluding hydrogens is 544 g/mol. The number of thioether (sulfide) groups is 1. The molecule has 1 aromatic heterocycles. The van der Waals surface area contributed by atoms with Crippen LogP contribution in [0.3, 0.4) is 0 Å². The van der Waals surface area contributed by atoms with Gasteiger partial charge in [0.05, 0.1) is 22.0 Å². The molecule has 2 atom stereocenters. The highest BCUT2D eigenvalue weighted by molar-refractivity contribution is 8.02. The second-order valence-electron chi connectivity index (χ2n) is 9.17. The van der Waals surface area contributed by atoms with Crippen molar-refractivity contribution in [2.24, 2.45) is 0 Å². The first-order chi connectivity index (χ1) is 18.4. The number of phenols is 1. The zero-order chi connectivity index (χ0) is 26.3. The number of aromatic nitrogens is 2. The van der Waals surface area contributed by atoms with Crippen molar-refractivity contribution in [3.63, 3.8) is 0 Å². The summed E-state index contributed by atoms with van der Waals surface area (Å²) < 4.78 is 27.9. The van der Waals surface area contributed by atoms with E-state index in [1.807, 2.05) is 29.8 Å². The monoisotopic (exact) mass is 568 g/mol. The van der Waals surface area contributed by atoms with Gasteiger partial charge in [-0.05, 0) is 60.7 Å². The number of piperidine rings is 1. The topological polar surface area (TPSA) is 111 Å². The zero-order valence-corrected chi connectivity index (χ0v) is 22.5. The molecule has 0 amide bonds. The maximum absolute atomic E-state index is 13.2. The van der Waals surface area contributed by atoms with Crippen LogP contribution in [0.5, 0.6) is 5.75 Å². The minimum Gasteiger partial charge on any atom is -0.508 e. The van der Waals surface area contributed by atoms with Crippen LogP contribution >= 0.6 is 23.4 Å². The van der Waals surface area contributed by atoms with Gasteiger partial charge in [-0.1, -0.05) is 35.5 Å². The molecule has 6 rings (SSSR count). The number of hydrogen-bond donors (Lipinski definition) is 3. The molecule has 0 saturated carbocycles. The Morgan fingerprint density at radius 2 is 2.00 bits per heavy atom. The number of hydrogen-bond acceptors (Lipinski definition) is 9. The number of benzene rings is 2. The van der Waals surface area contributed by atoms with Crippen molar-refractivity contribution in [1.82, 2.24) is 24.5 Å². The van der Waals surface area contributed by atoms with E-state index in [0.717, 1.165) is 29.8 Å². The number of halogens is 1. The van der Waals surface area contributed by atoms with Crippen LogP contribution < -0.4 is 10.6 Å². The lowest BCUT2D eigenvalue weighted by atomic mass is 10.1. The molecule has 38 heavy (non-hydrogen) atoms. The standard InChI is InChI=1S/C26H25ClN6O3S2/c27-18-6-8-21(9-7-18)38(35,36)32-12-2-4-19(16-32)29-25-28-11-10-22(30-25)24-23(17-3-1-5-20(34)15-17)31-26-33(24)13-14-37-26/h1,3,5-11,13-15,19,26,31,34H,2,4,12,16H2,(H,28,29,30)/t19-,26?/m0/s1. The lowest BCUT2D eigenvalue weighted by Gasteiger charge is -2.32. The number of phenolic OH excluding ortho intramolecular Hbond substituents is 1. The van der Waals surface area contributed by atoms with Gasteiger partial charge >= 0.3 is 0 Å². The zero-order valence-electron chi connectivity index (χ0n) is 20.2. The number of fused-ring (bicyclic) bond motifs is 1. The summed E-state index contributed by atoms with van der Waals surface area (Å²) in [7, 11) is -3.64. The normalized spacial score (nSPS) is 21.4. The minimum atomic E-state index is -3.64. The van der Waals surface area contributed by atoms with E-state index in [1.54, 1.807) is 42.2 Å². The molecule has 3 N–H and O–H groups in total. The molecule has 0 radical (unpaired) electrons. The van der Waals surface area contributed by atoms with E-state index < -0.39 is 10.0 Å². The maximum Gasteiger partial charge on any atom is 0.243 e. The summed E-state index contributed by atoms with van der Waals surface area (Å²) in [5.74, 6) is 0.618. The summed E-state index contributed by atoms with van der Waals surface area (Å²) in [4.78, 5) is 11.6. The Morgan fingerprint density at radius 1 is 1.16 bits per heavy atom. The Kier molecular flexibility index (Phi) is 6.68. The molecule has 0 aliphatic carbocycles. The maximum atomic E-state index is 13.2. The largest absolute Gasteiger partial charge is 0.508 e. The number of nitrogens with one attached hydrogen (secondary N) is 2. The van der Waals surface area contributed by atoms with Crippen LogP contribution in [0.15, 0.2) is 77.3 Å². The first kappa shape index (κ1) is 25.1. The second kappa shape index (κ2) is 10.1. The molecule has 1 unspecified atom stereocenters. The average Bonchev–Trinajstić information content (AvgIpc) is 3.51. The van der Waals surface area contributed by atoms with Gasteiger partial charge < -0.3 is 20.6 Å². The van der Waals surface area contributed by atoms with Gasteiger partial charge in [0, 0.05) is 42.1 Å². The first-order valence-electron chi connectivity index (χ1n) is 12.1. The number of rotatable bonds is 6. The van der Waals surface area contributed by atoms with Crippen molar-refractivity contribution in [2.45, 2.75) is 29.3 Å². The van der Waals surface area contributed by atoms with Gasteiger partial charge in [0.25, 0.3) is 0 Å². The van der Waals surface area contributed by atoms with E-state index in [0.29, 0.717) is 29.8 Å². The summed E-state index contributed by atoms with van der Waals surface area (Å²) in [6.45, 7) is 0.765. The molecule has 3 aliphatic rings. The van der Waals surface area contributed by atoms with Crippen LogP contribution in [0, 0.1) is 0 Å². The van der Waals surface area contributed by atoms with E-state index in [2.05, 4.69) is 20.5 Å². The third-order valence-electron chi connectivity index (χ3n) is 6.65. The molecule has 4 heterocycles.